The lowest BCUT2D eigenvalue weighted by Crippen LogP contribution is -2.08. The van der Waals surface area contributed by atoms with Crippen molar-refractivity contribution in [3.05, 3.63) is 248 Å². The minimum atomic E-state index is -1.15. The minimum Gasteiger partial charge on any atom is -0.506 e. The van der Waals surface area contributed by atoms with Gasteiger partial charge in [0.2, 0.25) is 0 Å². The summed E-state index contributed by atoms with van der Waals surface area (Å²) in [5.41, 5.74) is 7.31. The van der Waals surface area contributed by atoms with Crippen molar-refractivity contribution in [3.63, 3.8) is 0 Å². The Balaban J connectivity index is 0.000000166. The molecule has 10 aromatic carbocycles. The Kier molecular flexibility index (Phi) is 16.2. The Morgan fingerprint density at radius 2 is 0.689 bits per heavy atom. The maximum absolute atomic E-state index is 14.7. The van der Waals surface area contributed by atoms with Crippen molar-refractivity contribution in [2.24, 2.45) is 0 Å². The van der Waals surface area contributed by atoms with Gasteiger partial charge >= 0.3 is 11.9 Å². The van der Waals surface area contributed by atoms with Gasteiger partial charge in [-0.25, -0.2) is 14.0 Å². The molecule has 2 heterocycles. The molecule has 6 N–H and O–H groups in total. The molecular weight excluding hydrogens is 1170 g/mol. The van der Waals surface area contributed by atoms with Crippen LogP contribution in [0.1, 0.15) is 45.7 Å². The smallest absolute Gasteiger partial charge is 0.336 e. The van der Waals surface area contributed by atoms with E-state index in [9.17, 15) is 44.0 Å². The normalized spacial score (nSPS) is 11.1. The molecule has 14 rings (SSSR count). The van der Waals surface area contributed by atoms with E-state index in [-0.39, 0.29) is 60.8 Å². The van der Waals surface area contributed by atoms with E-state index >= 15 is 0 Å². The molecule has 444 valence electrons. The van der Waals surface area contributed by atoms with Crippen LogP contribution in [0.2, 0.25) is 5.02 Å². The number of halogens is 2. The van der Waals surface area contributed by atoms with Crippen LogP contribution in [0.15, 0.2) is 213 Å². The highest BCUT2D eigenvalue weighted by molar-refractivity contribution is 6.33. The Bertz CT molecular complexity index is 4920. The number of phenols is 2. The van der Waals surface area contributed by atoms with Crippen molar-refractivity contribution in [3.8, 4) is 78.7 Å². The van der Waals surface area contributed by atoms with Crippen LogP contribution >= 0.6 is 11.6 Å². The largest absolute Gasteiger partial charge is 0.506 e. The van der Waals surface area contributed by atoms with Crippen molar-refractivity contribution in [2.75, 3.05) is 0 Å². The van der Waals surface area contributed by atoms with E-state index < -0.39 is 35.4 Å². The molecular formula is C74H50ClFO14. The number of hydrogen-bond acceptors (Lipinski definition) is 10. The number of benzene rings is 12. The summed E-state index contributed by atoms with van der Waals surface area (Å²) < 4.78 is 26.9. The molecule has 0 bridgehead atoms. The van der Waals surface area contributed by atoms with Gasteiger partial charge < -0.3 is 39.5 Å². The van der Waals surface area contributed by atoms with Crippen LogP contribution in [0.25, 0.3) is 132 Å². The fraction of sp³-hybridized carbons (Fsp3) is 0.0541. The molecule has 0 amide bonds. The molecule has 0 aromatic heterocycles. The molecule has 4 aliphatic rings. The molecule has 16 heteroatoms. The average Bonchev–Trinajstić information content (AvgIpc) is 0.801. The van der Waals surface area contributed by atoms with Gasteiger partial charge in [-0.05, 0) is 116 Å². The number of carbonyl (C=O) groups is 4. The molecule has 14 nitrogen and oxygen atoms in total. The second-order valence-electron chi connectivity index (χ2n) is 21.2. The van der Waals surface area contributed by atoms with E-state index in [0.29, 0.717) is 49.9 Å². The van der Waals surface area contributed by atoms with Crippen molar-refractivity contribution < 1.29 is 63.0 Å². The van der Waals surface area contributed by atoms with Crippen molar-refractivity contribution in [1.82, 2.24) is 0 Å². The Hall–Kier alpha value is -11.7. The van der Waals surface area contributed by atoms with Crippen LogP contribution in [0.3, 0.4) is 0 Å². The lowest BCUT2D eigenvalue weighted by atomic mass is 9.85. The molecule has 0 spiro atoms. The van der Waals surface area contributed by atoms with E-state index in [1.165, 1.54) is 30.3 Å². The first-order valence-corrected chi connectivity index (χ1v) is 28.2. The highest BCUT2D eigenvalue weighted by atomic mass is 35.5. The number of rotatable bonds is 6. The summed E-state index contributed by atoms with van der Waals surface area (Å²) in [5.74, 6) is -5.14. The van der Waals surface area contributed by atoms with Gasteiger partial charge in [-0.3, -0.25) is 19.2 Å². The fourth-order valence-corrected chi connectivity index (χ4v) is 12.0. The number of aliphatic carboxylic acids is 2. The summed E-state index contributed by atoms with van der Waals surface area (Å²) in [6, 6.07) is 56.4. The molecule has 0 unspecified atom stereocenters. The van der Waals surface area contributed by atoms with Gasteiger partial charge in [0, 0.05) is 93.4 Å². The number of aromatic carboxylic acids is 2. The zero-order valence-electron chi connectivity index (χ0n) is 48.2. The quantitative estimate of drug-likeness (QED) is 0.0848. The van der Waals surface area contributed by atoms with Gasteiger partial charge in [-0.15, -0.1) is 0 Å². The van der Waals surface area contributed by atoms with Gasteiger partial charge in [-0.2, -0.15) is 0 Å². The van der Waals surface area contributed by atoms with Crippen LogP contribution < -0.4 is 10.9 Å². The lowest BCUT2D eigenvalue weighted by molar-refractivity contribution is -0.135. The molecule has 10 aromatic rings. The van der Waals surface area contributed by atoms with Gasteiger partial charge in [0.15, 0.2) is 22.4 Å². The average molecular weight is 1220 g/mol. The van der Waals surface area contributed by atoms with Gasteiger partial charge in [0.05, 0.1) is 16.1 Å². The Labute approximate surface area is 515 Å². The second-order valence-corrected chi connectivity index (χ2v) is 21.6. The molecule has 0 atom stereocenters. The highest BCUT2D eigenvalue weighted by Crippen LogP contribution is 2.48. The summed E-state index contributed by atoms with van der Waals surface area (Å²) in [7, 11) is 0. The Morgan fingerprint density at radius 3 is 1.04 bits per heavy atom. The molecule has 0 fully saturated rings. The Morgan fingerprint density at radius 1 is 0.378 bits per heavy atom. The maximum atomic E-state index is 14.7. The van der Waals surface area contributed by atoms with E-state index in [4.69, 9.17) is 40.2 Å². The second kappa shape index (κ2) is 24.2. The molecule has 90 heavy (non-hydrogen) atoms. The fourth-order valence-electron chi connectivity index (χ4n) is 11.9. The summed E-state index contributed by atoms with van der Waals surface area (Å²) in [4.78, 5) is 70.3. The van der Waals surface area contributed by atoms with Gasteiger partial charge in [0.25, 0.3) is 11.9 Å². The van der Waals surface area contributed by atoms with Crippen LogP contribution in [0.4, 0.5) is 4.39 Å². The van der Waals surface area contributed by atoms with E-state index in [0.717, 1.165) is 91.3 Å². The predicted octanol–water partition coefficient (Wildman–Crippen LogP) is 17.5. The first kappa shape index (κ1) is 60.0. The SMILES string of the molecule is CC(=O)O.CC(=O)O.Cc1c2ccccc2c(-c2cc3c(-c4ccccc4C(=O)O)c4cc(Cl)c(O)cc4oc-3cc2=O)c2ccccc12.Cc1c2ccccc2c(-c2cc3c(-c4ccccc4C(=O)O)c4cc(F)c(O)cc4oc-3cc2=O)c2ccccc12. The first-order chi connectivity index (χ1) is 43.1. The summed E-state index contributed by atoms with van der Waals surface area (Å²) >= 11 is 6.34. The zero-order valence-corrected chi connectivity index (χ0v) is 48.9. The molecule has 0 radical (unpaired) electrons. The summed E-state index contributed by atoms with van der Waals surface area (Å²) in [6.07, 6.45) is 0. The van der Waals surface area contributed by atoms with E-state index in [2.05, 4.69) is 26.0 Å². The van der Waals surface area contributed by atoms with Gasteiger partial charge in [0.1, 0.15) is 28.4 Å². The number of phenolic OH excluding ortho intramolecular Hbond substituents is 2. The third-order valence-electron chi connectivity index (χ3n) is 15.6. The van der Waals surface area contributed by atoms with Crippen LogP contribution in [0, 0.1) is 19.7 Å². The number of aryl methyl sites for hydroxylation is 2. The molecule has 2 aliphatic heterocycles. The number of aromatic hydroxyl groups is 2. The van der Waals surface area contributed by atoms with E-state index in [1.54, 1.807) is 54.6 Å². The minimum absolute atomic E-state index is 0.00812. The van der Waals surface area contributed by atoms with Crippen molar-refractivity contribution >= 4 is 101 Å². The van der Waals surface area contributed by atoms with Crippen LogP contribution in [-0.4, -0.2) is 54.5 Å². The maximum Gasteiger partial charge on any atom is 0.336 e. The monoisotopic (exact) mass is 1220 g/mol. The molecule has 2 aliphatic carbocycles. The topological polar surface area (TPSA) is 250 Å². The van der Waals surface area contributed by atoms with E-state index in [1.807, 2.05) is 84.9 Å². The summed E-state index contributed by atoms with van der Waals surface area (Å²) in [6.45, 7) is 6.31. The van der Waals surface area contributed by atoms with Crippen LogP contribution in [0.5, 0.6) is 11.5 Å². The number of fused-ring (bicyclic) bond motifs is 8. The van der Waals surface area contributed by atoms with Gasteiger partial charge in [-0.1, -0.05) is 145 Å². The summed E-state index contributed by atoms with van der Waals surface area (Å²) in [5, 5.41) is 64.0. The van der Waals surface area contributed by atoms with Crippen LogP contribution in [-0.2, 0) is 9.59 Å². The van der Waals surface area contributed by atoms with Crippen molar-refractivity contribution in [2.45, 2.75) is 27.7 Å². The number of hydrogen-bond donors (Lipinski definition) is 6. The lowest BCUT2D eigenvalue weighted by Gasteiger charge is -2.19. The predicted molar refractivity (Wildman–Crippen MR) is 348 cm³/mol. The molecule has 0 saturated carbocycles. The zero-order chi connectivity index (χ0) is 64.0. The standard InChI is InChI=1S/C35H21ClO5.C35H21FO5.2C2H4O2/c2*1-18-19-8-2-4-10-21(19)33(22-11-5-3-9-20(18)22)25-14-26-31(16-29(25)37)41-32-17-30(38)28(36)15-27(32)34(26)23-12-6-7-13-24(23)35(39)40;2*1-2(3)4/h2*2-17,38H,1H3,(H,39,40);2*1H3,(H,3,4). The molecule has 0 saturated heterocycles. The third kappa shape index (κ3) is 11.0. The highest BCUT2D eigenvalue weighted by Gasteiger charge is 2.28. The van der Waals surface area contributed by atoms with Crippen molar-refractivity contribution in [1.29, 1.82) is 0 Å². The number of carboxylic acid groups (broad SMARTS) is 4. The third-order valence-corrected chi connectivity index (χ3v) is 15.9. The first-order valence-electron chi connectivity index (χ1n) is 27.8. The number of carboxylic acids is 4.